The summed E-state index contributed by atoms with van der Waals surface area (Å²) in [6.07, 6.45) is -4.85. The van der Waals surface area contributed by atoms with Gasteiger partial charge in [-0.3, -0.25) is 4.79 Å². The van der Waals surface area contributed by atoms with E-state index < -0.39 is 38.8 Å². The molecular formula is C16H20F3N3O4S. The van der Waals surface area contributed by atoms with Crippen LogP contribution in [0.4, 0.5) is 13.2 Å². The van der Waals surface area contributed by atoms with Crippen LogP contribution in [0.15, 0.2) is 21.7 Å². The Balaban J connectivity index is 2.84. The Morgan fingerprint density at radius 2 is 1.85 bits per heavy atom. The molecule has 0 aliphatic carbocycles. The van der Waals surface area contributed by atoms with Gasteiger partial charge in [-0.2, -0.15) is 17.8 Å². The fourth-order valence-electron chi connectivity index (χ4n) is 2.62. The Bertz CT molecular complexity index is 1080. The number of halogens is 3. The van der Waals surface area contributed by atoms with Crippen LogP contribution in [0, 0.1) is 0 Å². The minimum atomic E-state index is -4.72. The van der Waals surface area contributed by atoms with Crippen LogP contribution < -0.4 is 16.1 Å². The number of H-pyrrole nitrogens is 1. The number of ether oxygens (including phenoxy) is 1. The third kappa shape index (κ3) is 4.72. The van der Waals surface area contributed by atoms with Gasteiger partial charge in [-0.25, -0.2) is 13.8 Å². The van der Waals surface area contributed by atoms with Crippen LogP contribution in [0.25, 0.3) is 10.9 Å². The number of rotatable bonds is 5. The Kier molecular flexibility index (Phi) is 5.48. The van der Waals surface area contributed by atoms with E-state index in [9.17, 15) is 27.0 Å². The highest BCUT2D eigenvalue weighted by Crippen LogP contribution is 2.37. The molecule has 27 heavy (non-hydrogen) atoms. The van der Waals surface area contributed by atoms with Gasteiger partial charge in [0.15, 0.2) is 0 Å². The number of aromatic nitrogens is 2. The van der Waals surface area contributed by atoms with Crippen molar-refractivity contribution in [2.75, 3.05) is 11.1 Å². The van der Waals surface area contributed by atoms with Crippen molar-refractivity contribution in [2.24, 2.45) is 0 Å². The van der Waals surface area contributed by atoms with Crippen molar-refractivity contribution in [3.05, 3.63) is 44.1 Å². The molecule has 1 heterocycles. The highest BCUT2D eigenvalue weighted by atomic mass is 32.2. The fourth-order valence-corrected chi connectivity index (χ4v) is 3.17. The third-order valence-electron chi connectivity index (χ3n) is 3.57. The first-order valence-corrected chi connectivity index (χ1v) is 10.00. The highest BCUT2D eigenvalue weighted by Gasteiger charge is 2.36. The van der Waals surface area contributed by atoms with Gasteiger partial charge in [-0.15, -0.1) is 0 Å². The molecular weight excluding hydrogens is 387 g/mol. The lowest BCUT2D eigenvalue weighted by Crippen LogP contribution is -2.43. The molecule has 150 valence electrons. The van der Waals surface area contributed by atoms with Crippen LogP contribution in [0.2, 0.25) is 0 Å². The smallest absolute Gasteiger partial charge is 0.371 e. The minimum Gasteiger partial charge on any atom is -0.371 e. The Morgan fingerprint density at radius 1 is 1.26 bits per heavy atom. The summed E-state index contributed by atoms with van der Waals surface area (Å²) in [7, 11) is -2.98. The lowest BCUT2D eigenvalue weighted by Gasteiger charge is -2.21. The van der Waals surface area contributed by atoms with Crippen molar-refractivity contribution in [1.82, 2.24) is 9.66 Å². The largest absolute Gasteiger partial charge is 0.416 e. The lowest BCUT2D eigenvalue weighted by atomic mass is 10.00. The van der Waals surface area contributed by atoms with Crippen LogP contribution in [0.5, 0.6) is 0 Å². The number of fused-ring (bicyclic) bond motifs is 1. The van der Waals surface area contributed by atoms with Crippen LogP contribution in [-0.2, 0) is 20.6 Å². The predicted octanol–water partition coefficient (Wildman–Crippen LogP) is 2.00. The number of nitrogens with one attached hydrogen (secondary N) is 2. The number of hydrogen-bond acceptors (Lipinski definition) is 4. The molecule has 2 N–H and O–H groups in total. The molecule has 2 atom stereocenters. The third-order valence-corrected chi connectivity index (χ3v) is 4.14. The molecule has 0 aliphatic rings. The summed E-state index contributed by atoms with van der Waals surface area (Å²) in [5.74, 6) is 3.29. The van der Waals surface area contributed by atoms with Gasteiger partial charge in [0.2, 0.25) is 0 Å². The summed E-state index contributed by atoms with van der Waals surface area (Å²) >= 11 is 0. The zero-order chi connectivity index (χ0) is 20.7. The van der Waals surface area contributed by atoms with Crippen molar-refractivity contribution < 1.29 is 22.1 Å². The molecule has 0 aliphatic heterocycles. The molecule has 1 aromatic heterocycles. The monoisotopic (exact) mass is 407 g/mol. The molecule has 0 fully saturated rings. The van der Waals surface area contributed by atoms with Crippen molar-refractivity contribution in [1.29, 1.82) is 0 Å². The SMILES string of the molecule is C=S(C)(=O)Nn1c(=O)[nH]c2cc(C(F)(F)F)c(C(C)OC(C)C)cc2c1=O. The quantitative estimate of drug-likeness (QED) is 0.742. The Hall–Kier alpha value is -2.27. The summed E-state index contributed by atoms with van der Waals surface area (Å²) in [5.41, 5.74) is -3.55. The van der Waals surface area contributed by atoms with Gasteiger partial charge in [-0.1, -0.05) is 0 Å². The van der Waals surface area contributed by atoms with E-state index >= 15 is 0 Å². The van der Waals surface area contributed by atoms with E-state index in [1.165, 1.54) is 13.2 Å². The van der Waals surface area contributed by atoms with Gasteiger partial charge in [-0.05, 0) is 44.3 Å². The topological polar surface area (TPSA) is 93.2 Å². The van der Waals surface area contributed by atoms with E-state index in [2.05, 4.69) is 15.7 Å². The average Bonchev–Trinajstić information content (AvgIpc) is 2.48. The summed E-state index contributed by atoms with van der Waals surface area (Å²) in [5, 5.41) is -0.187. The Morgan fingerprint density at radius 3 is 2.33 bits per heavy atom. The molecule has 0 amide bonds. The molecule has 11 heteroatoms. The molecule has 0 bridgehead atoms. The zero-order valence-corrected chi connectivity index (χ0v) is 16.0. The molecule has 0 radical (unpaired) electrons. The van der Waals surface area contributed by atoms with E-state index in [0.29, 0.717) is 10.7 Å². The molecule has 2 rings (SSSR count). The molecule has 7 nitrogen and oxygen atoms in total. The maximum absolute atomic E-state index is 13.5. The summed E-state index contributed by atoms with van der Waals surface area (Å²) in [6.45, 7) is 4.78. The first kappa shape index (κ1) is 21.0. The number of nitrogens with zero attached hydrogens (tertiary/aromatic N) is 1. The van der Waals surface area contributed by atoms with Crippen molar-refractivity contribution in [3.8, 4) is 0 Å². The zero-order valence-electron chi connectivity index (χ0n) is 15.1. The van der Waals surface area contributed by atoms with Gasteiger partial charge < -0.3 is 9.72 Å². The second-order valence-electron chi connectivity index (χ2n) is 6.48. The highest BCUT2D eigenvalue weighted by molar-refractivity contribution is 8.00. The molecule has 0 saturated heterocycles. The maximum atomic E-state index is 13.5. The second-order valence-corrected chi connectivity index (χ2v) is 8.67. The fraction of sp³-hybridized carbons (Fsp3) is 0.438. The molecule has 2 unspecified atom stereocenters. The van der Waals surface area contributed by atoms with Crippen LogP contribution in [0.1, 0.15) is 38.0 Å². The Labute approximate surface area is 153 Å². The van der Waals surface area contributed by atoms with Crippen LogP contribution >= 0.6 is 0 Å². The molecule has 0 saturated carbocycles. The first-order valence-electron chi connectivity index (χ1n) is 7.86. The normalized spacial score (nSPS) is 15.7. The number of alkyl halides is 3. The summed E-state index contributed by atoms with van der Waals surface area (Å²) < 4.78 is 58.1. The molecule has 1 aromatic carbocycles. The first-order chi connectivity index (χ1) is 12.2. The van der Waals surface area contributed by atoms with Crippen LogP contribution in [-0.4, -0.2) is 32.1 Å². The van der Waals surface area contributed by atoms with E-state index in [1.54, 1.807) is 13.8 Å². The van der Waals surface area contributed by atoms with E-state index in [4.69, 9.17) is 4.74 Å². The number of hydrogen-bond donors (Lipinski definition) is 2. The van der Waals surface area contributed by atoms with Crippen LogP contribution in [0.3, 0.4) is 0 Å². The molecule has 2 aromatic rings. The van der Waals surface area contributed by atoms with Crippen molar-refractivity contribution in [3.63, 3.8) is 0 Å². The second kappa shape index (κ2) is 7.04. The van der Waals surface area contributed by atoms with Crippen molar-refractivity contribution in [2.45, 2.75) is 39.2 Å². The summed E-state index contributed by atoms with van der Waals surface area (Å²) in [6, 6.07) is 1.73. The van der Waals surface area contributed by atoms with E-state index in [0.717, 1.165) is 6.07 Å². The van der Waals surface area contributed by atoms with Gasteiger partial charge in [0.25, 0.3) is 5.56 Å². The number of benzene rings is 1. The van der Waals surface area contributed by atoms with Gasteiger partial charge in [0, 0.05) is 6.26 Å². The molecule has 0 spiro atoms. The van der Waals surface area contributed by atoms with E-state index in [1.807, 2.05) is 0 Å². The average molecular weight is 407 g/mol. The van der Waals surface area contributed by atoms with Gasteiger partial charge in [0.1, 0.15) is 0 Å². The number of aromatic amines is 1. The minimum absolute atomic E-state index is 0.187. The van der Waals surface area contributed by atoms with E-state index in [-0.39, 0.29) is 22.6 Å². The van der Waals surface area contributed by atoms with Crippen molar-refractivity contribution >= 4 is 26.5 Å². The summed E-state index contributed by atoms with van der Waals surface area (Å²) in [4.78, 5) is 29.0. The van der Waals surface area contributed by atoms with Gasteiger partial charge >= 0.3 is 11.9 Å². The maximum Gasteiger partial charge on any atom is 0.416 e. The van der Waals surface area contributed by atoms with Gasteiger partial charge in [0.05, 0.1) is 38.4 Å². The lowest BCUT2D eigenvalue weighted by molar-refractivity contribution is -0.139. The predicted molar refractivity (Wildman–Crippen MR) is 99.0 cm³/mol. The standard InChI is InChI=1S/C16H20F3N3O4S/c1-8(2)26-9(3)10-6-11-13(7-12(10)16(17,18)19)20-15(24)22(14(11)23)21-27(4,5)25/h6-9H,4H2,1-3,5H3,(H,20,24)(H,21,25).